The third kappa shape index (κ3) is 14.9. The molecule has 3 aromatic rings. The minimum Gasteiger partial charge on any atom is -0.393 e. The van der Waals surface area contributed by atoms with Gasteiger partial charge in [0.1, 0.15) is 0 Å². The number of nitrogens with two attached hydrogens (primary N) is 1. The molecule has 3 aromatic heterocycles. The molecule has 2 N–H and O–H groups in total. The lowest BCUT2D eigenvalue weighted by Gasteiger charge is -2.34. The van der Waals surface area contributed by atoms with Gasteiger partial charge in [-0.3, -0.25) is 62.9 Å². The van der Waals surface area contributed by atoms with Crippen LogP contribution in [0.4, 0.5) is 17.8 Å². The molecule has 27 heteroatoms. The van der Waals surface area contributed by atoms with E-state index in [-0.39, 0.29) is 118 Å². The van der Waals surface area contributed by atoms with Gasteiger partial charge in [-0.25, -0.2) is 29.9 Å². The van der Waals surface area contributed by atoms with Crippen molar-refractivity contribution in [1.82, 2.24) is 54.4 Å². The molecule has 7 aliphatic heterocycles. The summed E-state index contributed by atoms with van der Waals surface area (Å²) >= 11 is 6.71. The van der Waals surface area contributed by atoms with Crippen LogP contribution in [0, 0.1) is 94.7 Å². The fourth-order valence-electron chi connectivity index (χ4n) is 18.3. The second-order valence-corrected chi connectivity index (χ2v) is 30.7. The van der Waals surface area contributed by atoms with Crippen LogP contribution in [-0.4, -0.2) is 220 Å². The zero-order valence-electron chi connectivity index (χ0n) is 66.8. The van der Waals surface area contributed by atoms with Crippen molar-refractivity contribution < 1.29 is 63.4 Å². The molecule has 10 heterocycles. The highest BCUT2D eigenvalue weighted by Gasteiger charge is 2.63. The zero-order valence-corrected chi connectivity index (χ0v) is 59.0. The molecule has 0 radical (unpaired) electrons. The summed E-state index contributed by atoms with van der Waals surface area (Å²) in [5, 5.41) is 0. The van der Waals surface area contributed by atoms with Crippen molar-refractivity contribution in [2.75, 3.05) is 133 Å². The third-order valence-corrected chi connectivity index (χ3v) is 24.2. The van der Waals surface area contributed by atoms with Gasteiger partial charge < -0.3 is 29.9 Å². The smallest absolute Gasteiger partial charge is 0.318 e. The molecule has 15 aliphatic rings. The van der Waals surface area contributed by atoms with E-state index in [2.05, 4.69) is 101 Å². The highest BCUT2D eigenvalue weighted by Crippen LogP contribution is 2.58. The van der Waals surface area contributed by atoms with Crippen LogP contribution >= 0.6 is 31.9 Å². The molecular formula is C72H99Br2N15O10. The Morgan fingerprint density at radius 1 is 0.414 bits per heavy atom. The Bertz CT molecular complexity index is 3510. The Kier molecular flexibility index (Phi) is 18.6. The van der Waals surface area contributed by atoms with E-state index in [4.69, 9.17) is 21.3 Å². The number of fused-ring (bicyclic) bond motifs is 20. The number of likely N-dealkylation sites (tertiary alicyclic amines) is 2. The predicted molar refractivity (Wildman–Crippen MR) is 375 cm³/mol. The maximum absolute atomic E-state index is 12.9. The number of imide groups is 2. The van der Waals surface area contributed by atoms with E-state index in [1.165, 1.54) is 28.6 Å². The zero-order chi connectivity index (χ0) is 78.5. The monoisotopic (exact) mass is 1500 g/mol. The first kappa shape index (κ1) is 59.3. The molecule has 7 saturated heterocycles. The van der Waals surface area contributed by atoms with E-state index in [1.54, 1.807) is 24.8 Å². The standard InChI is InChI=1S/C21H28BrN5O2.C21H29N5O2.C12H20BrN5.C9H10O3.C9H8O3.2H2/c22-16-12-23-21(24-13-16)26-9-7-25(8-10-26)5-1-2-6-27-19(28)17-14-3-4-15(11-14)18(17)20(27)29;27-19-17-15-4-5-16(14-15)18(17)20(28)26(19)9-2-1-8-24-10-12-25(13-11-24)21-22-6-3-7-23-21;13-11-9-15-12(16-10-11)18-7-5-17(6-8-18)4-2-1-3-14;2*10-8-6-4-1-2-5(3-4)7(6)9(11)12-8;;/h12-15,17-18H,1-11H2;3,6-7,15-18H,1-2,4-5,8-14H2;9-10H,1-8,14H2;4-7H,1-3H2;1-2,4-7H,3H2;2*1H/t14-,15+,17-,18+;15-,16+,17-,18+;;2*4-,5+,6-,7+;;/i3D,4D;3D,4D,5D;;1D,2D;;2*1+1D/t3?,4?,14-,15+,17-,18+;4?,5?,15-,16+,17-,18+;;1?,2?,4-,5+,6-,7+;;;. The average molecular weight is 1510 g/mol. The number of unbranched alkanes of at least 4 members (excludes halogenated alkanes) is 3. The number of allylic oxidation sites excluding steroid dienone is 2. The third-order valence-electron chi connectivity index (χ3n) is 23.4. The van der Waals surface area contributed by atoms with Crippen molar-refractivity contribution in [2.24, 2.45) is 100 Å². The lowest BCUT2D eigenvalue weighted by molar-refractivity contribution is -0.156. The van der Waals surface area contributed by atoms with E-state index in [0.29, 0.717) is 44.3 Å². The van der Waals surface area contributed by atoms with Crippen molar-refractivity contribution in [3.8, 4) is 0 Å². The first-order valence-corrected chi connectivity index (χ1v) is 37.5. The largest absolute Gasteiger partial charge is 0.393 e. The normalized spacial score (nSPS) is 39.1. The van der Waals surface area contributed by atoms with Crippen LogP contribution in [0.15, 0.2) is 64.3 Å². The number of piperazine rings is 3. The van der Waals surface area contributed by atoms with Gasteiger partial charge in [0.15, 0.2) is 0 Å². The minimum absolute atomic E-state index is 0.0743. The number of cyclic esters (lactones) is 4. The quantitative estimate of drug-likeness (QED) is 0.0502. The van der Waals surface area contributed by atoms with Crippen LogP contribution in [-0.2, 0) is 47.8 Å². The van der Waals surface area contributed by atoms with E-state index in [9.17, 15) is 38.4 Å². The minimum atomic E-state index is -0.517. The molecule has 8 bridgehead atoms. The summed E-state index contributed by atoms with van der Waals surface area (Å²) in [4.78, 5) is 139. The molecular weight excluding hydrogens is 1390 g/mol. The number of anilines is 3. The molecule has 8 aliphatic carbocycles. The Balaban J connectivity index is 0.000000132. The lowest BCUT2D eigenvalue weighted by atomic mass is 9.81. The molecule has 6 unspecified atom stereocenters. The molecule has 25 nitrogen and oxygen atoms in total. The summed E-state index contributed by atoms with van der Waals surface area (Å²) in [7, 11) is 0. The number of esters is 4. The second-order valence-electron chi connectivity index (χ2n) is 28.9. The lowest BCUT2D eigenvalue weighted by Crippen LogP contribution is -2.47. The summed E-state index contributed by atoms with van der Waals surface area (Å²) in [5.41, 5.74) is 5.51. The van der Waals surface area contributed by atoms with Gasteiger partial charge >= 0.3 is 23.9 Å². The molecule has 7 saturated carbocycles. The number of hydrogen-bond acceptors (Lipinski definition) is 23. The molecule has 99 heavy (non-hydrogen) atoms. The fraction of sp³-hybridized carbons (Fsp3) is 0.694. The second kappa shape index (κ2) is 31.1. The Hall–Kier alpha value is -6.26. The van der Waals surface area contributed by atoms with E-state index in [1.807, 2.05) is 12.2 Å². The maximum Gasteiger partial charge on any atom is 0.318 e. The molecule has 536 valence electrons. The maximum atomic E-state index is 12.9. The van der Waals surface area contributed by atoms with Crippen molar-refractivity contribution in [1.29, 1.82) is 0 Å². The van der Waals surface area contributed by atoms with Gasteiger partial charge in [0.2, 0.25) is 41.5 Å². The van der Waals surface area contributed by atoms with Gasteiger partial charge in [0.25, 0.3) is 0 Å². The van der Waals surface area contributed by atoms with Crippen molar-refractivity contribution in [3.05, 3.63) is 64.3 Å². The van der Waals surface area contributed by atoms with Crippen LogP contribution in [0.3, 0.4) is 0 Å². The number of hydrogen-bond donors (Lipinski definition) is 1. The Morgan fingerprint density at radius 2 is 0.707 bits per heavy atom. The summed E-state index contributed by atoms with van der Waals surface area (Å²) in [5.74, 6) is -2.07. The number of amides is 4. The summed E-state index contributed by atoms with van der Waals surface area (Å²) in [6.45, 7) is 16.1. The van der Waals surface area contributed by atoms with Gasteiger partial charge in [-0.1, -0.05) is 12.2 Å². The number of rotatable bonds is 17. The van der Waals surface area contributed by atoms with Crippen LogP contribution in [0.25, 0.3) is 0 Å². The fourth-order valence-corrected chi connectivity index (χ4v) is 18.7. The number of nitrogens with zero attached hydrogens (tertiary/aromatic N) is 14. The predicted octanol–water partition coefficient (Wildman–Crippen LogP) is 6.41. The number of halogens is 2. The molecule has 0 spiro atoms. The molecule has 22 atom stereocenters. The van der Waals surface area contributed by atoms with E-state index >= 15 is 0 Å². The highest BCUT2D eigenvalue weighted by molar-refractivity contribution is 9.10. The van der Waals surface area contributed by atoms with Crippen molar-refractivity contribution >= 4 is 97.2 Å². The molecule has 18 rings (SSSR count). The number of carbonyl (C=O) groups excluding carboxylic acids is 8. The number of aromatic nitrogens is 6. The molecule has 14 fully saturated rings. The van der Waals surface area contributed by atoms with Crippen LogP contribution in [0.2, 0.25) is 0 Å². The van der Waals surface area contributed by atoms with Gasteiger partial charge in [-0.15, -0.1) is 0 Å². The first-order chi connectivity index (χ1) is 53.1. The summed E-state index contributed by atoms with van der Waals surface area (Å²) < 4.78 is 86.6. The van der Waals surface area contributed by atoms with Crippen LogP contribution in [0.1, 0.15) is 118 Å². The van der Waals surface area contributed by atoms with E-state index in [0.717, 1.165) is 164 Å². The number of carbonyl (C=O) groups is 8. The van der Waals surface area contributed by atoms with Gasteiger partial charge in [-0.2, -0.15) is 0 Å². The first-order valence-electron chi connectivity index (χ1n) is 41.8. The molecule has 0 aromatic carbocycles. The van der Waals surface area contributed by atoms with Gasteiger partial charge in [0, 0.05) is 143 Å². The highest BCUT2D eigenvalue weighted by atomic mass is 79.9. The summed E-state index contributed by atoms with van der Waals surface area (Å²) in [6, 6.07) is 0.313. The van der Waals surface area contributed by atoms with Crippen LogP contribution < -0.4 is 20.4 Å². The van der Waals surface area contributed by atoms with Crippen LogP contribution in [0.5, 0.6) is 0 Å². The topological polar surface area (TPSA) is 284 Å². The van der Waals surface area contributed by atoms with Gasteiger partial charge in [-0.05, 0) is 214 Å². The van der Waals surface area contributed by atoms with E-state index < -0.39 is 62.2 Å². The Morgan fingerprint density at radius 3 is 1.04 bits per heavy atom. The van der Waals surface area contributed by atoms with Crippen molar-refractivity contribution in [2.45, 2.75) is 103 Å². The SMILES string of the molecule is NCCCCN1CCN(c2ncc(Br)cn2)CC1.O=C1OC(=O)[C@H]2[C@@H]1[C@H]1C=C[C@@H]2C1.[2H]C1C([2H])[C@@H]2C[C@H]1[C@@H]1C(=O)N(CCCCN3CCN(c4ncc(Br)cn4)CC3)C(=O)[C@@H]12.[2H]C1C([2H])[C@@H]2C[C@H]1[C@@H]1C(=O)OC(=O)[C@@H]12.[2H][2H].[2H][2H].[2H]c1cnc(N2CCN(CCCCN3C(=O)[C@@H]4[C@H](C3=O)[C@H]3C[C@@H]4C([2H])C3[2H])CC2)nc1. The summed E-state index contributed by atoms with van der Waals surface area (Å²) in [6.07, 6.45) is 20.0. The average Bonchev–Trinajstić information content (AvgIpc) is 1.56. The molecule has 4 amide bonds. The number of ether oxygens (including phenoxy) is 2. The van der Waals surface area contributed by atoms with Gasteiger partial charge in [0.05, 0.1) is 57.7 Å². The van der Waals surface area contributed by atoms with Crippen molar-refractivity contribution in [3.63, 3.8) is 0 Å². The Labute approximate surface area is 612 Å².